The van der Waals surface area contributed by atoms with Crippen LogP contribution in [0.3, 0.4) is 0 Å². The molecule has 15 heteroatoms. The maximum Gasteiger partial charge on any atom is 0.176 e. The van der Waals surface area contributed by atoms with E-state index in [-0.39, 0.29) is 57.0 Å². The summed E-state index contributed by atoms with van der Waals surface area (Å²) in [4.78, 5) is 28.0. The molecule has 0 radical (unpaired) electrons. The van der Waals surface area contributed by atoms with Gasteiger partial charge in [-0.2, -0.15) is 0 Å². The van der Waals surface area contributed by atoms with Gasteiger partial charge in [0.15, 0.2) is 23.3 Å². The maximum absolute atomic E-state index is 4.42. The van der Waals surface area contributed by atoms with Crippen LogP contribution in [0.2, 0.25) is 0 Å². The molecule has 47 heavy (non-hydrogen) atoms. The van der Waals surface area contributed by atoms with E-state index in [0.717, 1.165) is 60.6 Å². The average Bonchev–Trinajstić information content (AvgIpc) is 3.84. The van der Waals surface area contributed by atoms with Crippen LogP contribution in [0.4, 0.5) is 5.69 Å². The fourth-order valence-corrected chi connectivity index (χ4v) is 4.50. The van der Waals surface area contributed by atoms with Crippen molar-refractivity contribution in [2.24, 2.45) is 28.2 Å². The Labute approximate surface area is 309 Å². The van der Waals surface area contributed by atoms with Gasteiger partial charge in [-0.1, -0.05) is 19.9 Å². The van der Waals surface area contributed by atoms with Crippen LogP contribution in [0.1, 0.15) is 26.7 Å². The molecular weight excluding hydrogens is 835 g/mol. The number of nitrogens with zero attached hydrogens (tertiary/aromatic N) is 11. The summed E-state index contributed by atoms with van der Waals surface area (Å²) < 4.78 is 7.79. The molecule has 0 aromatic carbocycles. The average molecular weight is 876 g/mol. The van der Waals surface area contributed by atoms with E-state index in [2.05, 4.69) is 60.8 Å². The number of imidazole rings is 4. The van der Waals surface area contributed by atoms with E-state index in [1.54, 1.807) is 31.0 Å². The molecule has 0 aliphatic carbocycles. The van der Waals surface area contributed by atoms with Gasteiger partial charge in [0, 0.05) is 129 Å². The van der Waals surface area contributed by atoms with Crippen LogP contribution in [-0.2, 0) is 48.0 Å². The van der Waals surface area contributed by atoms with Crippen molar-refractivity contribution in [3.05, 3.63) is 92.3 Å². The van der Waals surface area contributed by atoms with Gasteiger partial charge in [-0.25, -0.2) is 19.9 Å². The predicted octanol–water partition coefficient (Wildman–Crippen LogP) is -3.58. The quantitative estimate of drug-likeness (QED) is 0.156. The van der Waals surface area contributed by atoms with Crippen LogP contribution in [0.5, 0.6) is 0 Å². The van der Waals surface area contributed by atoms with E-state index in [1.165, 1.54) is 5.69 Å². The van der Waals surface area contributed by atoms with Gasteiger partial charge in [-0.05, 0) is 37.1 Å². The van der Waals surface area contributed by atoms with Crippen molar-refractivity contribution in [2.75, 3.05) is 18.0 Å². The van der Waals surface area contributed by atoms with Crippen LogP contribution >= 0.6 is 0 Å². The normalized spacial score (nSPS) is 9.57. The number of rotatable bonds is 8. The summed E-state index contributed by atoms with van der Waals surface area (Å²) in [6.45, 7) is 6.59. The van der Waals surface area contributed by atoms with Gasteiger partial charge in [0.1, 0.15) is 0 Å². The minimum absolute atomic E-state index is 0. The Hall–Kier alpha value is -3.55. The molecular formula is C32H41Cl3N11Os-3. The Morgan fingerprint density at radius 1 is 0.511 bits per heavy atom. The first-order chi connectivity index (χ1) is 20.9. The molecule has 0 atom stereocenters. The Bertz CT molecular complexity index is 1520. The molecule has 0 amide bonds. The van der Waals surface area contributed by atoms with Crippen LogP contribution in [0, 0.1) is 0 Å². The Kier molecular flexibility index (Phi) is 20.4. The zero-order chi connectivity index (χ0) is 30.6. The van der Waals surface area contributed by atoms with Crippen molar-refractivity contribution in [3.63, 3.8) is 0 Å². The second kappa shape index (κ2) is 22.1. The van der Waals surface area contributed by atoms with Gasteiger partial charge < -0.3 is 60.4 Å². The minimum atomic E-state index is 0. The second-order valence-electron chi connectivity index (χ2n) is 10.0. The standard InChI is InChI=1S/C16H21N3.2C8H10N4.3ClH.Os/c1-3-11-19(12-4-2)14-8-10-18-16(13-14)15-7-5-6-9-17-15;2*1-11-5-3-9-7(11)8-10-4-6-12(8)2;;;;/h5-10,13H,3-4,11-12H2,1-2H3;2*3-6H,1-2H3;3*1H;/p-3. The number of hydrogen-bond donors (Lipinski definition) is 0. The molecule has 0 unspecified atom stereocenters. The van der Waals surface area contributed by atoms with Gasteiger partial charge in [0.2, 0.25) is 0 Å². The summed E-state index contributed by atoms with van der Waals surface area (Å²) >= 11 is 0. The molecule has 0 aliphatic rings. The fourth-order valence-electron chi connectivity index (χ4n) is 4.50. The zero-order valence-corrected chi connectivity index (χ0v) is 32.2. The van der Waals surface area contributed by atoms with E-state index in [4.69, 9.17) is 0 Å². The number of aryl methyl sites for hydroxylation is 4. The van der Waals surface area contributed by atoms with E-state index >= 15 is 0 Å². The predicted molar refractivity (Wildman–Crippen MR) is 171 cm³/mol. The van der Waals surface area contributed by atoms with Crippen LogP contribution in [-0.4, -0.2) is 61.3 Å². The third kappa shape index (κ3) is 11.9. The van der Waals surface area contributed by atoms with E-state index in [0.29, 0.717) is 0 Å². The molecule has 6 heterocycles. The topological polar surface area (TPSA) is 100 Å². The monoisotopic (exact) mass is 876 g/mol. The Morgan fingerprint density at radius 3 is 1.23 bits per heavy atom. The summed E-state index contributed by atoms with van der Waals surface area (Å²) in [6.07, 6.45) is 20.7. The Morgan fingerprint density at radius 2 is 0.915 bits per heavy atom. The summed E-state index contributed by atoms with van der Waals surface area (Å²) in [5, 5.41) is 0. The number of anilines is 1. The number of hydrogen-bond acceptors (Lipinski definition) is 7. The molecule has 6 aromatic heterocycles. The number of aromatic nitrogens is 10. The van der Waals surface area contributed by atoms with Gasteiger partial charge in [-0.15, -0.1) is 0 Å². The van der Waals surface area contributed by atoms with Crippen molar-refractivity contribution < 1.29 is 57.0 Å². The first-order valence-corrected chi connectivity index (χ1v) is 14.4. The van der Waals surface area contributed by atoms with Crippen molar-refractivity contribution >= 4 is 5.69 Å². The molecule has 0 bridgehead atoms. The third-order valence-electron chi connectivity index (χ3n) is 6.71. The fraction of sp³-hybridized carbons (Fsp3) is 0.312. The smallest absolute Gasteiger partial charge is 0.176 e. The first-order valence-electron chi connectivity index (χ1n) is 14.4. The molecule has 0 N–H and O–H groups in total. The van der Waals surface area contributed by atoms with Crippen LogP contribution in [0.15, 0.2) is 92.3 Å². The second-order valence-corrected chi connectivity index (χ2v) is 10.0. The van der Waals surface area contributed by atoms with Gasteiger partial charge >= 0.3 is 0 Å². The van der Waals surface area contributed by atoms with Crippen LogP contribution < -0.4 is 42.1 Å². The van der Waals surface area contributed by atoms with E-state index in [9.17, 15) is 0 Å². The largest absolute Gasteiger partial charge is 1.00 e. The zero-order valence-electron chi connectivity index (χ0n) is 27.4. The van der Waals surface area contributed by atoms with Crippen molar-refractivity contribution in [2.45, 2.75) is 26.7 Å². The van der Waals surface area contributed by atoms with Crippen molar-refractivity contribution in [1.29, 1.82) is 0 Å². The molecule has 0 spiro atoms. The Balaban J connectivity index is 0.000000670. The van der Waals surface area contributed by atoms with E-state index in [1.807, 2.05) is 95.6 Å². The van der Waals surface area contributed by atoms with E-state index < -0.39 is 0 Å². The maximum atomic E-state index is 4.42. The molecule has 0 fully saturated rings. The van der Waals surface area contributed by atoms with Crippen molar-refractivity contribution in [3.8, 4) is 34.7 Å². The molecule has 0 saturated heterocycles. The number of pyridine rings is 2. The van der Waals surface area contributed by atoms with Gasteiger partial charge in [0.05, 0.1) is 11.4 Å². The molecule has 6 rings (SSSR count). The number of halogens is 3. The molecule has 256 valence electrons. The summed E-state index contributed by atoms with van der Waals surface area (Å²) in [7, 11) is 7.82. The first kappa shape index (κ1) is 43.4. The van der Waals surface area contributed by atoms with Crippen molar-refractivity contribution in [1.82, 2.24) is 48.2 Å². The van der Waals surface area contributed by atoms with Crippen LogP contribution in [0.25, 0.3) is 34.7 Å². The third-order valence-corrected chi connectivity index (χ3v) is 6.71. The SMILES string of the molecule is CCCN(CCC)c1ccnc(-c2ccccn2)c1.Cn1ccnc1-c1nccn1C.Cn1ccnc1-c1nccn1C.[Cl-].[Cl-].[Cl-].[Os]. The van der Waals surface area contributed by atoms with Gasteiger partial charge in [0.25, 0.3) is 0 Å². The molecule has 6 aromatic rings. The van der Waals surface area contributed by atoms with Gasteiger partial charge in [-0.3, -0.25) is 9.97 Å². The molecule has 11 nitrogen and oxygen atoms in total. The molecule has 0 saturated carbocycles. The summed E-state index contributed by atoms with van der Waals surface area (Å²) in [6, 6.07) is 10.1. The minimum Gasteiger partial charge on any atom is -1.00 e. The summed E-state index contributed by atoms with van der Waals surface area (Å²) in [5.41, 5.74) is 3.10. The summed E-state index contributed by atoms with van der Waals surface area (Å²) in [5.74, 6) is 3.56. The molecule has 0 aliphatic heterocycles.